The monoisotopic (exact) mass is 376 g/mol. The summed E-state index contributed by atoms with van der Waals surface area (Å²) in [4.78, 5) is 26.8. The summed E-state index contributed by atoms with van der Waals surface area (Å²) in [6.07, 6.45) is 6.80. The van der Waals surface area contributed by atoms with Crippen molar-refractivity contribution in [2.45, 2.75) is 84.0 Å². The minimum absolute atomic E-state index is 0.0179. The molecule has 1 aliphatic carbocycles. The number of carbonyl (C=O) groups is 2. The van der Waals surface area contributed by atoms with Crippen LogP contribution in [-0.2, 0) is 11.3 Å². The number of likely N-dealkylation sites (tertiary alicyclic amines) is 1. The van der Waals surface area contributed by atoms with E-state index in [2.05, 4.69) is 24.3 Å². The fourth-order valence-corrected chi connectivity index (χ4v) is 4.93. The molecule has 0 radical (unpaired) electrons. The molecular formula is C20H32N4O3. The van der Waals surface area contributed by atoms with Crippen LogP contribution < -0.4 is 5.32 Å². The molecule has 0 bridgehead atoms. The zero-order valence-corrected chi connectivity index (χ0v) is 16.6. The third kappa shape index (κ3) is 3.88. The van der Waals surface area contributed by atoms with Crippen LogP contribution in [0.15, 0.2) is 12.3 Å². The highest BCUT2D eigenvalue weighted by Crippen LogP contribution is 2.48. The molecule has 3 rings (SSSR count). The van der Waals surface area contributed by atoms with Crippen molar-refractivity contribution in [1.82, 2.24) is 20.0 Å². The summed E-state index contributed by atoms with van der Waals surface area (Å²) >= 11 is 0. The second-order valence-corrected chi connectivity index (χ2v) is 8.28. The Hall–Kier alpha value is -1.89. The molecule has 2 fully saturated rings. The van der Waals surface area contributed by atoms with Gasteiger partial charge >= 0.3 is 0 Å². The molecule has 1 aromatic rings. The summed E-state index contributed by atoms with van der Waals surface area (Å²) < 4.78 is 1.77. The van der Waals surface area contributed by atoms with Crippen LogP contribution in [0.2, 0.25) is 0 Å². The third-order valence-electron chi connectivity index (χ3n) is 6.32. The van der Waals surface area contributed by atoms with E-state index in [1.807, 2.05) is 11.1 Å². The van der Waals surface area contributed by atoms with E-state index in [1.54, 1.807) is 17.7 Å². The van der Waals surface area contributed by atoms with Crippen molar-refractivity contribution >= 4 is 11.8 Å². The van der Waals surface area contributed by atoms with Gasteiger partial charge < -0.3 is 15.3 Å². The number of nitrogens with zero attached hydrogens (tertiary/aromatic N) is 3. The first-order chi connectivity index (χ1) is 12.9. The number of carbonyl (C=O) groups excluding carboxylic acids is 2. The summed E-state index contributed by atoms with van der Waals surface area (Å²) in [6, 6.07) is 1.67. The van der Waals surface area contributed by atoms with E-state index in [4.69, 9.17) is 0 Å². The van der Waals surface area contributed by atoms with Crippen LogP contribution in [0.4, 0.5) is 0 Å². The van der Waals surface area contributed by atoms with E-state index in [-0.39, 0.29) is 29.3 Å². The Morgan fingerprint density at radius 1 is 1.37 bits per heavy atom. The third-order valence-corrected chi connectivity index (χ3v) is 6.32. The number of aliphatic hydroxyl groups is 1. The summed E-state index contributed by atoms with van der Waals surface area (Å²) in [5.41, 5.74) is 0.0940. The van der Waals surface area contributed by atoms with Crippen molar-refractivity contribution in [3.05, 3.63) is 18.0 Å². The smallest absolute Gasteiger partial charge is 0.271 e. The Morgan fingerprint density at radius 2 is 2.11 bits per heavy atom. The normalized spacial score (nSPS) is 30.7. The molecule has 1 saturated carbocycles. The Labute approximate surface area is 161 Å². The maximum absolute atomic E-state index is 12.5. The van der Waals surface area contributed by atoms with Gasteiger partial charge in [-0.3, -0.25) is 14.3 Å². The summed E-state index contributed by atoms with van der Waals surface area (Å²) in [6.45, 7) is 6.92. The van der Waals surface area contributed by atoms with Crippen LogP contribution in [-0.4, -0.2) is 56.3 Å². The van der Waals surface area contributed by atoms with Gasteiger partial charge in [-0.05, 0) is 31.7 Å². The molecule has 7 nitrogen and oxygen atoms in total. The lowest BCUT2D eigenvalue weighted by Crippen LogP contribution is -2.48. The maximum Gasteiger partial charge on any atom is 0.271 e. The Bertz CT molecular complexity index is 689. The van der Waals surface area contributed by atoms with E-state index in [9.17, 15) is 14.7 Å². The highest BCUT2D eigenvalue weighted by atomic mass is 16.3. The molecule has 4 atom stereocenters. The lowest BCUT2D eigenvalue weighted by atomic mass is 9.75. The topological polar surface area (TPSA) is 87.5 Å². The molecule has 7 heteroatoms. The van der Waals surface area contributed by atoms with Gasteiger partial charge in [-0.25, -0.2) is 0 Å². The highest BCUT2D eigenvalue weighted by molar-refractivity contribution is 5.92. The fraction of sp³-hybridized carbons (Fsp3) is 0.750. The number of nitrogens with one attached hydrogen (secondary N) is 1. The maximum atomic E-state index is 12.5. The van der Waals surface area contributed by atoms with Gasteiger partial charge in [0, 0.05) is 37.7 Å². The molecule has 1 aliphatic heterocycles. The summed E-state index contributed by atoms with van der Waals surface area (Å²) in [5, 5.41) is 17.9. The van der Waals surface area contributed by atoms with Crippen molar-refractivity contribution in [3.63, 3.8) is 0 Å². The number of aryl methyl sites for hydroxylation is 1. The second kappa shape index (κ2) is 8.00. The molecule has 1 aromatic heterocycles. The van der Waals surface area contributed by atoms with Crippen LogP contribution in [0.25, 0.3) is 0 Å². The fourth-order valence-electron chi connectivity index (χ4n) is 4.93. The lowest BCUT2D eigenvalue weighted by molar-refractivity contribution is -0.133. The second-order valence-electron chi connectivity index (χ2n) is 8.28. The molecule has 1 saturated heterocycles. The molecule has 27 heavy (non-hydrogen) atoms. The predicted octanol–water partition coefficient (Wildman–Crippen LogP) is 1.95. The Balaban J connectivity index is 1.69. The van der Waals surface area contributed by atoms with Crippen molar-refractivity contribution in [2.24, 2.45) is 5.41 Å². The van der Waals surface area contributed by atoms with Crippen LogP contribution in [0.3, 0.4) is 0 Å². The number of fused-ring (bicyclic) bond motifs is 1. The van der Waals surface area contributed by atoms with Crippen LogP contribution >= 0.6 is 0 Å². The molecule has 2 heterocycles. The van der Waals surface area contributed by atoms with Crippen LogP contribution in [0, 0.1) is 5.41 Å². The molecule has 2 amide bonds. The van der Waals surface area contributed by atoms with Gasteiger partial charge in [0.2, 0.25) is 5.91 Å². The molecule has 0 aromatic carbocycles. The molecular weight excluding hydrogens is 344 g/mol. The number of hydrogen-bond acceptors (Lipinski definition) is 4. The zero-order valence-electron chi connectivity index (χ0n) is 16.6. The predicted molar refractivity (Wildman–Crippen MR) is 102 cm³/mol. The van der Waals surface area contributed by atoms with E-state index < -0.39 is 6.10 Å². The van der Waals surface area contributed by atoms with E-state index in [1.165, 1.54) is 0 Å². The highest BCUT2D eigenvalue weighted by Gasteiger charge is 2.54. The van der Waals surface area contributed by atoms with Crippen molar-refractivity contribution in [2.75, 3.05) is 6.54 Å². The Morgan fingerprint density at radius 3 is 2.81 bits per heavy atom. The minimum atomic E-state index is -0.405. The van der Waals surface area contributed by atoms with E-state index in [0.29, 0.717) is 18.7 Å². The first kappa shape index (κ1) is 19.9. The Kier molecular flexibility index (Phi) is 5.89. The number of aliphatic hydroxyl groups excluding tert-OH is 1. The number of hydrogen-bond donors (Lipinski definition) is 2. The van der Waals surface area contributed by atoms with Gasteiger partial charge in [-0.1, -0.05) is 26.7 Å². The van der Waals surface area contributed by atoms with Crippen molar-refractivity contribution in [3.8, 4) is 0 Å². The zero-order chi connectivity index (χ0) is 19.6. The van der Waals surface area contributed by atoms with E-state index >= 15 is 0 Å². The van der Waals surface area contributed by atoms with Gasteiger partial charge in [0.15, 0.2) is 0 Å². The van der Waals surface area contributed by atoms with Gasteiger partial charge in [-0.2, -0.15) is 5.10 Å². The quantitative estimate of drug-likeness (QED) is 0.822. The molecule has 2 N–H and O–H groups in total. The minimum Gasteiger partial charge on any atom is -0.392 e. The van der Waals surface area contributed by atoms with Crippen molar-refractivity contribution < 1.29 is 14.7 Å². The standard InChI is InChI=1S/C20H32N4O3/c1-4-10-23-11-9-16(22-23)19(27)21-13-15-12-20(3)17(24(15)14(2)25)7-5-6-8-18(20)26/h9,11,15,17-18,26H,4-8,10,12-13H2,1-3H3,(H,21,27)/t15-,17-,18+,20-/m1/s1. The number of rotatable bonds is 5. The van der Waals surface area contributed by atoms with Gasteiger partial charge in [0.1, 0.15) is 5.69 Å². The summed E-state index contributed by atoms with van der Waals surface area (Å²) in [7, 11) is 0. The van der Waals surface area contributed by atoms with Crippen molar-refractivity contribution in [1.29, 1.82) is 0 Å². The number of aromatic nitrogens is 2. The molecule has 2 aliphatic rings. The van der Waals surface area contributed by atoms with Gasteiger partial charge in [-0.15, -0.1) is 0 Å². The van der Waals surface area contributed by atoms with E-state index in [0.717, 1.165) is 38.6 Å². The van der Waals surface area contributed by atoms with Gasteiger partial charge in [0.05, 0.1) is 12.1 Å². The molecule has 150 valence electrons. The largest absolute Gasteiger partial charge is 0.392 e. The average molecular weight is 377 g/mol. The molecule has 0 spiro atoms. The first-order valence-electron chi connectivity index (χ1n) is 10.2. The molecule has 0 unspecified atom stereocenters. The van der Waals surface area contributed by atoms with Crippen LogP contribution in [0.1, 0.15) is 69.8 Å². The average Bonchev–Trinajstić information content (AvgIpc) is 3.16. The summed E-state index contributed by atoms with van der Waals surface area (Å²) in [5.74, 6) is -0.199. The first-order valence-corrected chi connectivity index (χ1v) is 10.2. The van der Waals surface area contributed by atoms with Gasteiger partial charge in [0.25, 0.3) is 5.91 Å². The SMILES string of the molecule is CCCn1ccc(C(=O)NC[C@H]2C[C@@]3(C)[C@@H](O)CCCC[C@H]3N2C(C)=O)n1. The van der Waals surface area contributed by atoms with Crippen LogP contribution in [0.5, 0.6) is 0 Å². The number of amides is 2. The lowest BCUT2D eigenvalue weighted by Gasteiger charge is -2.37.